The number of para-hydroxylation sites is 2. The Bertz CT molecular complexity index is 4060. The zero-order valence-corrected chi connectivity index (χ0v) is 54.4. The number of amides is 2. The van der Waals surface area contributed by atoms with Gasteiger partial charge in [0.25, 0.3) is 0 Å². The second-order valence-corrected chi connectivity index (χ2v) is 29.4. The Morgan fingerprint density at radius 3 is 1.99 bits per heavy atom. The minimum Gasteiger partial charge on any atom is -0.744 e. The van der Waals surface area contributed by atoms with Gasteiger partial charge in [0, 0.05) is 119 Å². The number of carboxylic acids is 1. The van der Waals surface area contributed by atoms with Gasteiger partial charge in [-0.3, -0.25) is 14.4 Å². The van der Waals surface area contributed by atoms with Gasteiger partial charge in [0.1, 0.15) is 33.7 Å². The highest BCUT2D eigenvalue weighted by Crippen LogP contribution is 2.49. The molecular weight excluding hydrogens is 1180 g/mol. The normalized spacial score (nSPS) is 21.7. The standard InChI is InChI=1S/C70H80N6O10S3/c1-68(2)54-20-13-15-22-58(54)74(8)61(68)36-26-47-19-16-18-46(25-31-51-43-48-17-12-14-21-57(48)73(51)7)67(47)87-42-39-65(78)72-50-29-27-49(28-30-50)71-64(77)37-40-75-59-34-32-52(88(81,82)83)44-55(59)69(3,4)62(75)23-10-9-11-24-63-70(5,6)56-45-53(89(84,85)86)33-35-60(56)76(63)41-38-66(79)80/h9-15,17,20-26,31-36,44-45,49-50H,16,18-19,27-30,37-43H2,1-8H3,(H3-2,71,72,77,78,79,80,81,82,83,84,85,86). The van der Waals surface area contributed by atoms with Crippen LogP contribution in [0.4, 0.5) is 22.7 Å². The number of carboxylic acid groups (broad SMARTS) is 1. The number of fused-ring (bicyclic) bond motifs is 4. The Morgan fingerprint density at radius 2 is 1.31 bits per heavy atom. The summed E-state index contributed by atoms with van der Waals surface area (Å²) in [5.41, 5.74) is 12.3. The molecule has 0 atom stereocenters. The number of aliphatic carboxylic acids is 1. The van der Waals surface area contributed by atoms with Crippen LogP contribution >= 0.6 is 11.8 Å². The van der Waals surface area contributed by atoms with Crippen LogP contribution in [-0.2, 0) is 57.3 Å². The molecule has 4 aromatic carbocycles. The first-order valence-electron chi connectivity index (χ1n) is 30.6. The van der Waals surface area contributed by atoms with Crippen LogP contribution in [0, 0.1) is 0 Å². The number of carbonyl (C=O) groups is 3. The SMILES string of the molecule is CN1/C(=C/C=C2\CCCC(/C=C/C3=[N+](C)c4ccccc4C3(C)C)=C2SCCC(=O)NC2CCC(NC(=O)CCN3\C(=C/C=C/C=C/C4=[N+](CCC(=O)O)c5ccc(S(=O)(=O)[O-])cc5C4(C)C)C(C)(C)c4cc(S(=O)(=O)[O-])ccc43)CC2)Cc2ccccc21. The first kappa shape index (κ1) is 64.6. The van der Waals surface area contributed by atoms with Crippen LogP contribution in [0.3, 0.4) is 0 Å². The van der Waals surface area contributed by atoms with Crippen LogP contribution in [0.2, 0.25) is 0 Å². The Kier molecular flexibility index (Phi) is 18.7. The summed E-state index contributed by atoms with van der Waals surface area (Å²) in [4.78, 5) is 44.0. The predicted molar refractivity (Wildman–Crippen MR) is 350 cm³/mol. The molecule has 4 aromatic rings. The smallest absolute Gasteiger partial charge is 0.309 e. The highest BCUT2D eigenvalue weighted by molar-refractivity contribution is 8.03. The average Bonchev–Trinajstić information content (AvgIpc) is 1.67. The minimum absolute atomic E-state index is 0.00768. The van der Waals surface area contributed by atoms with Gasteiger partial charge in [0.2, 0.25) is 23.2 Å². The summed E-state index contributed by atoms with van der Waals surface area (Å²) in [7, 11) is -5.25. The topological polar surface area (TPSA) is 222 Å². The summed E-state index contributed by atoms with van der Waals surface area (Å²) in [5.74, 6) is -0.514. The van der Waals surface area contributed by atoms with Crippen molar-refractivity contribution >= 4 is 84.0 Å². The minimum atomic E-state index is -4.78. The predicted octanol–water partition coefficient (Wildman–Crippen LogP) is 11.4. The first-order chi connectivity index (χ1) is 42.1. The summed E-state index contributed by atoms with van der Waals surface area (Å²) in [6, 6.07) is 25.5. The van der Waals surface area contributed by atoms with E-state index in [1.807, 2.05) is 49.3 Å². The van der Waals surface area contributed by atoms with Crippen molar-refractivity contribution in [3.8, 4) is 0 Å². The number of nitrogens with one attached hydrogen (secondary N) is 2. The summed E-state index contributed by atoms with van der Waals surface area (Å²) in [6.45, 7) is 12.5. The lowest BCUT2D eigenvalue weighted by Crippen LogP contribution is -2.44. The summed E-state index contributed by atoms with van der Waals surface area (Å²) >= 11 is 1.77. The molecule has 10 rings (SSSR count). The fourth-order valence-corrected chi connectivity index (χ4v) is 16.0. The lowest BCUT2D eigenvalue weighted by atomic mass is 9.81. The number of likely N-dealkylation sites (N-methyl/N-ethyl adjacent to an activating group) is 1. The number of hydrogen-bond donors (Lipinski definition) is 3. The number of rotatable bonds is 20. The monoisotopic (exact) mass is 1260 g/mol. The lowest BCUT2D eigenvalue weighted by Gasteiger charge is -2.30. The maximum absolute atomic E-state index is 13.8. The van der Waals surface area contributed by atoms with Gasteiger partial charge < -0.3 is 34.6 Å². The van der Waals surface area contributed by atoms with Crippen molar-refractivity contribution in [1.82, 2.24) is 10.6 Å². The van der Waals surface area contributed by atoms with Crippen molar-refractivity contribution in [3.63, 3.8) is 0 Å². The highest BCUT2D eigenvalue weighted by atomic mass is 32.2. The van der Waals surface area contributed by atoms with Crippen LogP contribution in [0.15, 0.2) is 177 Å². The average molecular weight is 1260 g/mol. The molecule has 2 amide bonds. The lowest BCUT2D eigenvalue weighted by molar-refractivity contribution is -0.436. The van der Waals surface area contributed by atoms with E-state index in [9.17, 15) is 45.4 Å². The van der Waals surface area contributed by atoms with Gasteiger partial charge in [-0.1, -0.05) is 80.6 Å². The van der Waals surface area contributed by atoms with E-state index in [-0.39, 0.29) is 65.0 Å². The molecule has 0 radical (unpaired) electrons. The number of benzene rings is 4. The molecule has 0 spiro atoms. The number of nitrogens with zero attached hydrogens (tertiary/aromatic N) is 4. The van der Waals surface area contributed by atoms with Gasteiger partial charge in [0.15, 0.2) is 18.0 Å². The number of thioether (sulfide) groups is 1. The third-order valence-corrected chi connectivity index (χ3v) is 21.6. The highest BCUT2D eigenvalue weighted by Gasteiger charge is 2.46. The largest absolute Gasteiger partial charge is 0.744 e. The molecule has 4 aliphatic heterocycles. The van der Waals surface area contributed by atoms with Crippen LogP contribution in [0.5, 0.6) is 0 Å². The third kappa shape index (κ3) is 13.7. The van der Waals surface area contributed by atoms with Crippen LogP contribution in [-0.4, -0.2) is 114 Å². The molecule has 89 heavy (non-hydrogen) atoms. The van der Waals surface area contributed by atoms with Crippen molar-refractivity contribution in [2.45, 2.75) is 150 Å². The number of carbonyl (C=O) groups excluding carboxylic acids is 2. The molecule has 3 N–H and O–H groups in total. The van der Waals surface area contributed by atoms with Crippen molar-refractivity contribution in [2.24, 2.45) is 0 Å². The quantitative estimate of drug-likeness (QED) is 0.0426. The summed E-state index contributed by atoms with van der Waals surface area (Å²) < 4.78 is 76.8. The van der Waals surface area contributed by atoms with Gasteiger partial charge in [-0.25, -0.2) is 16.8 Å². The van der Waals surface area contributed by atoms with Gasteiger partial charge in [-0.15, -0.1) is 11.8 Å². The molecule has 468 valence electrons. The third-order valence-electron chi connectivity index (χ3n) is 18.7. The van der Waals surface area contributed by atoms with E-state index in [4.69, 9.17) is 0 Å². The van der Waals surface area contributed by atoms with Crippen molar-refractivity contribution < 1.29 is 54.6 Å². The van der Waals surface area contributed by atoms with Crippen LogP contribution in [0.1, 0.15) is 128 Å². The summed E-state index contributed by atoms with van der Waals surface area (Å²) in [6.07, 6.45) is 25.2. The van der Waals surface area contributed by atoms with Crippen molar-refractivity contribution in [1.29, 1.82) is 0 Å². The van der Waals surface area contributed by atoms with Crippen molar-refractivity contribution in [3.05, 3.63) is 189 Å². The van der Waals surface area contributed by atoms with E-state index in [0.29, 0.717) is 53.2 Å². The zero-order chi connectivity index (χ0) is 63.8. The molecule has 1 fully saturated rings. The van der Waals surface area contributed by atoms with Crippen molar-refractivity contribution in [2.75, 3.05) is 42.7 Å². The molecular formula is C70H80N6O10S3. The van der Waals surface area contributed by atoms with E-state index in [2.05, 4.69) is 121 Å². The number of allylic oxidation sites excluding steroid dienone is 13. The maximum atomic E-state index is 13.8. The molecule has 1 saturated carbocycles. The Balaban J connectivity index is 0.770. The van der Waals surface area contributed by atoms with Crippen LogP contribution in [0.25, 0.3) is 0 Å². The second kappa shape index (κ2) is 25.8. The molecule has 19 heteroatoms. The zero-order valence-electron chi connectivity index (χ0n) is 52.0. The molecule has 0 bridgehead atoms. The van der Waals surface area contributed by atoms with E-state index in [0.717, 1.165) is 44.2 Å². The molecule has 16 nitrogen and oxygen atoms in total. The first-order valence-corrected chi connectivity index (χ1v) is 34.4. The Morgan fingerprint density at radius 1 is 0.674 bits per heavy atom. The molecule has 4 heterocycles. The van der Waals surface area contributed by atoms with Gasteiger partial charge >= 0.3 is 5.97 Å². The van der Waals surface area contributed by atoms with Gasteiger partial charge in [0.05, 0.1) is 20.6 Å². The van der Waals surface area contributed by atoms with E-state index < -0.39 is 37.0 Å². The van der Waals surface area contributed by atoms with Crippen LogP contribution < -0.4 is 20.4 Å². The number of hydrogen-bond acceptors (Lipinski definition) is 12. The fourth-order valence-electron chi connectivity index (χ4n) is 13.8. The molecule has 0 unspecified atom stereocenters. The molecule has 0 aromatic heterocycles. The fraction of sp³-hybridized carbons (Fsp3) is 0.386. The van der Waals surface area contributed by atoms with Gasteiger partial charge in [-0.05, 0) is 143 Å². The summed E-state index contributed by atoms with van der Waals surface area (Å²) in [5, 5.41) is 16.1. The molecule has 6 aliphatic rings. The van der Waals surface area contributed by atoms with E-state index in [1.54, 1.807) is 36.1 Å². The maximum Gasteiger partial charge on any atom is 0.309 e. The molecule has 0 saturated heterocycles. The van der Waals surface area contributed by atoms with E-state index in [1.165, 1.54) is 80.3 Å². The Hall–Kier alpha value is -7.42. The molecule has 2 aliphatic carbocycles. The Labute approximate surface area is 528 Å². The van der Waals surface area contributed by atoms with E-state index >= 15 is 0 Å². The second-order valence-electron chi connectivity index (χ2n) is 25.5. The number of anilines is 2. The van der Waals surface area contributed by atoms with Gasteiger partial charge in [-0.2, -0.15) is 9.15 Å².